The Balaban J connectivity index is 1.34. The van der Waals surface area contributed by atoms with Gasteiger partial charge in [-0.25, -0.2) is 9.78 Å². The largest absolute Gasteiger partial charge is 0.497 e. The normalized spacial score (nSPS) is 17.8. The third-order valence-corrected chi connectivity index (χ3v) is 6.43. The van der Waals surface area contributed by atoms with Gasteiger partial charge in [-0.2, -0.15) is 0 Å². The number of urea groups is 1. The quantitative estimate of drug-likeness (QED) is 0.560. The smallest absolute Gasteiger partial charge is 0.326 e. The van der Waals surface area contributed by atoms with Crippen molar-refractivity contribution >= 4 is 29.2 Å². The molecule has 0 atom stereocenters. The zero-order chi connectivity index (χ0) is 21.1. The summed E-state index contributed by atoms with van der Waals surface area (Å²) < 4.78 is 10.5. The first-order valence-electron chi connectivity index (χ1n) is 9.89. The highest BCUT2D eigenvalue weighted by molar-refractivity contribution is 7.13. The molecule has 9 heteroatoms. The van der Waals surface area contributed by atoms with Gasteiger partial charge < -0.3 is 14.8 Å². The predicted octanol–water partition coefficient (Wildman–Crippen LogP) is 3.12. The van der Waals surface area contributed by atoms with Crippen molar-refractivity contribution in [2.24, 2.45) is 0 Å². The Kier molecular flexibility index (Phi) is 5.72. The number of ether oxygens (including phenoxy) is 2. The molecule has 2 heterocycles. The number of nitrogens with one attached hydrogen (secondary N) is 1. The molecule has 30 heavy (non-hydrogen) atoms. The molecule has 2 fully saturated rings. The molecule has 1 aromatic heterocycles. The Morgan fingerprint density at radius 2 is 2.07 bits per heavy atom. The van der Waals surface area contributed by atoms with Crippen LogP contribution in [0.2, 0.25) is 0 Å². The van der Waals surface area contributed by atoms with Crippen LogP contribution < -0.4 is 10.1 Å². The van der Waals surface area contributed by atoms with E-state index in [1.165, 1.54) is 11.3 Å². The monoisotopic (exact) mass is 429 g/mol. The van der Waals surface area contributed by atoms with E-state index in [2.05, 4.69) is 10.3 Å². The van der Waals surface area contributed by atoms with Crippen molar-refractivity contribution in [1.29, 1.82) is 0 Å². The third-order valence-electron chi connectivity index (χ3n) is 5.49. The number of carbonyl (C=O) groups is 3. The van der Waals surface area contributed by atoms with E-state index in [9.17, 15) is 14.4 Å². The van der Waals surface area contributed by atoms with E-state index in [0.717, 1.165) is 40.5 Å². The van der Waals surface area contributed by atoms with Crippen LogP contribution in [0.5, 0.6) is 5.75 Å². The van der Waals surface area contributed by atoms with Crippen molar-refractivity contribution in [2.75, 3.05) is 13.7 Å². The maximum Gasteiger partial charge on any atom is 0.326 e. The van der Waals surface area contributed by atoms with E-state index in [1.54, 1.807) is 7.11 Å². The van der Waals surface area contributed by atoms with Gasteiger partial charge in [0.15, 0.2) is 0 Å². The highest BCUT2D eigenvalue weighted by Gasteiger charge is 2.51. The number of rotatable bonds is 6. The zero-order valence-electron chi connectivity index (χ0n) is 16.7. The Labute approximate surface area is 178 Å². The lowest BCUT2D eigenvalue weighted by Crippen LogP contribution is -2.48. The molecule has 4 rings (SSSR count). The predicted molar refractivity (Wildman–Crippen MR) is 110 cm³/mol. The summed E-state index contributed by atoms with van der Waals surface area (Å²) in [4.78, 5) is 42.7. The standard InChI is InChI=1S/C21H23N3O5S/c1-28-16-7-5-6-14(10-16)18-22-15(13-30-18)12-29-17(25)11-24-19(26)21(23-20(24)27)8-3-2-4-9-21/h5-7,10,13H,2-4,8-9,11-12H2,1H3,(H,23,27). The molecule has 2 aromatic rings. The number of hydrogen-bond donors (Lipinski definition) is 1. The lowest BCUT2D eigenvalue weighted by atomic mass is 9.82. The SMILES string of the molecule is COc1cccc(-c2nc(COC(=O)CN3C(=O)NC4(CCCCC4)C3=O)cs2)c1. The number of amides is 3. The van der Waals surface area contributed by atoms with Crippen LogP contribution in [0.4, 0.5) is 4.79 Å². The van der Waals surface area contributed by atoms with Crippen LogP contribution in [0, 0.1) is 0 Å². The number of imide groups is 1. The van der Waals surface area contributed by atoms with Crippen molar-refractivity contribution in [1.82, 2.24) is 15.2 Å². The average Bonchev–Trinajstić information content (AvgIpc) is 3.32. The number of esters is 1. The first kappa shape index (κ1) is 20.3. The van der Waals surface area contributed by atoms with Crippen LogP contribution in [0.25, 0.3) is 10.6 Å². The van der Waals surface area contributed by atoms with Gasteiger partial charge in [-0.3, -0.25) is 14.5 Å². The van der Waals surface area contributed by atoms with Gasteiger partial charge >= 0.3 is 12.0 Å². The van der Waals surface area contributed by atoms with Crippen molar-refractivity contribution < 1.29 is 23.9 Å². The number of hydrogen-bond acceptors (Lipinski definition) is 7. The Hall–Kier alpha value is -2.94. The van der Waals surface area contributed by atoms with Crippen molar-refractivity contribution in [3.63, 3.8) is 0 Å². The van der Waals surface area contributed by atoms with Crippen LogP contribution in [0.15, 0.2) is 29.6 Å². The second-order valence-electron chi connectivity index (χ2n) is 7.50. The van der Waals surface area contributed by atoms with Crippen molar-refractivity contribution in [3.05, 3.63) is 35.3 Å². The molecule has 2 aliphatic rings. The summed E-state index contributed by atoms with van der Waals surface area (Å²) in [5.41, 5.74) is 0.678. The van der Waals surface area contributed by atoms with Gasteiger partial charge in [0.1, 0.15) is 29.4 Å². The molecule has 1 aliphatic heterocycles. The second kappa shape index (κ2) is 8.43. The van der Waals surface area contributed by atoms with Gasteiger partial charge in [-0.1, -0.05) is 31.4 Å². The maximum atomic E-state index is 12.7. The van der Waals surface area contributed by atoms with E-state index < -0.39 is 17.5 Å². The summed E-state index contributed by atoms with van der Waals surface area (Å²) in [5.74, 6) is -0.222. The van der Waals surface area contributed by atoms with Gasteiger partial charge in [0, 0.05) is 10.9 Å². The van der Waals surface area contributed by atoms with Crippen LogP contribution >= 0.6 is 11.3 Å². The minimum atomic E-state index is -0.837. The van der Waals surface area contributed by atoms with Gasteiger partial charge in [-0.15, -0.1) is 11.3 Å². The summed E-state index contributed by atoms with van der Waals surface area (Å²) in [6.45, 7) is -0.409. The zero-order valence-corrected chi connectivity index (χ0v) is 17.5. The molecule has 1 N–H and O–H groups in total. The maximum absolute atomic E-state index is 12.7. The van der Waals surface area contributed by atoms with E-state index in [4.69, 9.17) is 9.47 Å². The molecule has 3 amide bonds. The molecule has 1 saturated carbocycles. The molecular weight excluding hydrogens is 406 g/mol. The molecule has 1 spiro atoms. The van der Waals surface area contributed by atoms with Gasteiger partial charge in [0.25, 0.3) is 5.91 Å². The van der Waals surface area contributed by atoms with Crippen LogP contribution in [0.3, 0.4) is 0 Å². The molecule has 8 nitrogen and oxygen atoms in total. The summed E-state index contributed by atoms with van der Waals surface area (Å²) in [6.07, 6.45) is 4.08. The highest BCUT2D eigenvalue weighted by atomic mass is 32.1. The first-order chi connectivity index (χ1) is 14.5. The molecule has 158 valence electrons. The summed E-state index contributed by atoms with van der Waals surface area (Å²) >= 11 is 1.44. The third kappa shape index (κ3) is 4.02. The average molecular weight is 429 g/mol. The fraction of sp³-hybridized carbons (Fsp3) is 0.429. The molecule has 0 bridgehead atoms. The fourth-order valence-corrected chi connectivity index (χ4v) is 4.71. The molecule has 0 unspecified atom stereocenters. The Bertz CT molecular complexity index is 967. The van der Waals surface area contributed by atoms with Gasteiger partial charge in [0.05, 0.1) is 12.8 Å². The van der Waals surface area contributed by atoms with Crippen LogP contribution in [0.1, 0.15) is 37.8 Å². The van der Waals surface area contributed by atoms with Crippen LogP contribution in [-0.2, 0) is 20.9 Å². The minimum Gasteiger partial charge on any atom is -0.497 e. The lowest BCUT2D eigenvalue weighted by Gasteiger charge is -2.30. The van der Waals surface area contributed by atoms with E-state index in [0.29, 0.717) is 18.5 Å². The topological polar surface area (TPSA) is 97.8 Å². The minimum absolute atomic E-state index is 0.0197. The van der Waals surface area contributed by atoms with E-state index >= 15 is 0 Å². The molecule has 1 aliphatic carbocycles. The summed E-state index contributed by atoms with van der Waals surface area (Å²) in [6, 6.07) is 7.02. The van der Waals surface area contributed by atoms with Gasteiger partial charge in [-0.05, 0) is 25.0 Å². The number of nitrogens with zero attached hydrogens (tertiary/aromatic N) is 2. The van der Waals surface area contributed by atoms with Crippen molar-refractivity contribution in [2.45, 2.75) is 44.2 Å². The summed E-state index contributed by atoms with van der Waals surface area (Å²) in [5, 5.41) is 5.39. The fourth-order valence-electron chi connectivity index (χ4n) is 3.91. The number of aromatic nitrogens is 1. The number of methoxy groups -OCH3 is 1. The second-order valence-corrected chi connectivity index (χ2v) is 8.36. The molecular formula is C21H23N3O5S. The van der Waals surface area contributed by atoms with E-state index in [1.807, 2.05) is 29.6 Å². The van der Waals surface area contributed by atoms with Crippen LogP contribution in [-0.4, -0.2) is 47.0 Å². The van der Waals surface area contributed by atoms with Crippen molar-refractivity contribution in [3.8, 4) is 16.3 Å². The Morgan fingerprint density at radius 1 is 1.27 bits per heavy atom. The summed E-state index contributed by atoms with van der Waals surface area (Å²) in [7, 11) is 1.60. The number of carbonyl (C=O) groups excluding carboxylic acids is 3. The Morgan fingerprint density at radius 3 is 2.83 bits per heavy atom. The molecule has 1 saturated heterocycles. The van der Waals surface area contributed by atoms with Gasteiger partial charge in [0.2, 0.25) is 0 Å². The highest BCUT2D eigenvalue weighted by Crippen LogP contribution is 2.33. The first-order valence-corrected chi connectivity index (χ1v) is 10.8. The lowest BCUT2D eigenvalue weighted by molar-refractivity contribution is -0.149. The van der Waals surface area contributed by atoms with E-state index in [-0.39, 0.29) is 19.1 Å². The molecule has 1 aromatic carbocycles. The molecule has 0 radical (unpaired) electrons. The number of benzene rings is 1. The number of thiazole rings is 1.